The van der Waals surface area contributed by atoms with Gasteiger partial charge in [0.25, 0.3) is 0 Å². The number of ether oxygens (including phenoxy) is 2. The van der Waals surface area contributed by atoms with Crippen molar-refractivity contribution < 1.29 is 9.47 Å². The monoisotopic (exact) mass is 317 g/mol. The summed E-state index contributed by atoms with van der Waals surface area (Å²) in [4.78, 5) is 6.99. The van der Waals surface area contributed by atoms with E-state index in [-0.39, 0.29) is 6.10 Å². The molecular weight excluding hydrogens is 294 g/mol. The molecule has 4 heterocycles. The zero-order valence-electron chi connectivity index (χ0n) is 13.5. The van der Waals surface area contributed by atoms with Crippen LogP contribution in [0.15, 0.2) is 12.3 Å². The highest BCUT2D eigenvalue weighted by atomic mass is 16.5. The van der Waals surface area contributed by atoms with Crippen LogP contribution in [0.3, 0.4) is 0 Å². The number of fused-ring (bicyclic) bond motifs is 1. The molecule has 0 unspecified atom stereocenters. The van der Waals surface area contributed by atoms with Crippen molar-refractivity contribution >= 4 is 5.65 Å². The van der Waals surface area contributed by atoms with Crippen LogP contribution in [0.4, 0.5) is 0 Å². The average molecular weight is 317 g/mol. The molecule has 2 aromatic rings. The first-order chi connectivity index (χ1) is 11.3. The van der Waals surface area contributed by atoms with Gasteiger partial charge < -0.3 is 14.8 Å². The lowest BCUT2D eigenvalue weighted by Gasteiger charge is -2.26. The van der Waals surface area contributed by atoms with Gasteiger partial charge in [0.05, 0.1) is 31.2 Å². The van der Waals surface area contributed by atoms with Crippen LogP contribution in [-0.2, 0) is 16.0 Å². The predicted octanol–water partition coefficient (Wildman–Crippen LogP) is 0.531. The van der Waals surface area contributed by atoms with Gasteiger partial charge in [0.15, 0.2) is 5.65 Å². The van der Waals surface area contributed by atoms with E-state index in [0.717, 1.165) is 69.6 Å². The Morgan fingerprint density at radius 1 is 1.30 bits per heavy atom. The predicted molar refractivity (Wildman–Crippen MR) is 85.4 cm³/mol. The Bertz CT molecular complexity index is 674. The van der Waals surface area contributed by atoms with E-state index in [9.17, 15) is 0 Å². The molecule has 4 rings (SSSR count). The molecule has 2 saturated heterocycles. The van der Waals surface area contributed by atoms with Crippen LogP contribution in [0.1, 0.15) is 23.1 Å². The Morgan fingerprint density at radius 3 is 2.96 bits per heavy atom. The molecule has 0 bridgehead atoms. The van der Waals surface area contributed by atoms with Crippen molar-refractivity contribution in [3.8, 4) is 0 Å². The fourth-order valence-corrected chi connectivity index (χ4v) is 3.28. The summed E-state index contributed by atoms with van der Waals surface area (Å²) in [6.07, 6.45) is 1.90. The Kier molecular flexibility index (Phi) is 4.26. The van der Waals surface area contributed by atoms with Crippen molar-refractivity contribution in [1.82, 2.24) is 24.8 Å². The molecule has 7 nitrogen and oxygen atoms in total. The Morgan fingerprint density at radius 2 is 2.17 bits per heavy atom. The molecule has 1 atom stereocenters. The van der Waals surface area contributed by atoms with Gasteiger partial charge in [-0.25, -0.2) is 9.50 Å². The van der Waals surface area contributed by atoms with Crippen LogP contribution < -0.4 is 5.32 Å². The van der Waals surface area contributed by atoms with Crippen LogP contribution >= 0.6 is 0 Å². The second-order valence-electron chi connectivity index (χ2n) is 6.12. The lowest BCUT2D eigenvalue weighted by molar-refractivity contribution is 0.0236. The van der Waals surface area contributed by atoms with E-state index in [2.05, 4.69) is 22.1 Å². The quantitative estimate of drug-likeness (QED) is 0.891. The van der Waals surface area contributed by atoms with E-state index in [1.807, 2.05) is 16.8 Å². The minimum Gasteiger partial charge on any atom is -0.379 e. The molecule has 2 aromatic heterocycles. The molecule has 0 saturated carbocycles. The summed E-state index contributed by atoms with van der Waals surface area (Å²) in [6.45, 7) is 8.93. The smallest absolute Gasteiger partial charge is 0.160 e. The highest BCUT2D eigenvalue weighted by Gasteiger charge is 2.22. The van der Waals surface area contributed by atoms with Gasteiger partial charge in [-0.15, -0.1) is 0 Å². The number of hydrogen-bond acceptors (Lipinski definition) is 6. The Labute approximate surface area is 135 Å². The average Bonchev–Trinajstić information content (AvgIpc) is 2.92. The minimum atomic E-state index is 0.0322. The summed E-state index contributed by atoms with van der Waals surface area (Å²) < 4.78 is 13.3. The molecule has 23 heavy (non-hydrogen) atoms. The van der Waals surface area contributed by atoms with Crippen LogP contribution in [0, 0.1) is 6.92 Å². The maximum atomic E-state index is 5.89. The van der Waals surface area contributed by atoms with E-state index in [4.69, 9.17) is 14.6 Å². The SMILES string of the molecule is Cc1nn2c([C@H]3CNCCO3)ccnc2c1CN1CCOCC1. The maximum absolute atomic E-state index is 5.89. The highest BCUT2D eigenvalue weighted by molar-refractivity contribution is 5.50. The first-order valence-electron chi connectivity index (χ1n) is 8.28. The normalized spacial score (nSPS) is 23.4. The number of aromatic nitrogens is 3. The summed E-state index contributed by atoms with van der Waals surface area (Å²) in [5, 5.41) is 8.12. The molecule has 2 aliphatic rings. The third-order valence-corrected chi connectivity index (χ3v) is 4.59. The fraction of sp³-hybridized carbons (Fsp3) is 0.625. The molecule has 0 aliphatic carbocycles. The van der Waals surface area contributed by atoms with Gasteiger partial charge in [0, 0.05) is 44.5 Å². The highest BCUT2D eigenvalue weighted by Crippen LogP contribution is 2.23. The van der Waals surface area contributed by atoms with E-state index < -0.39 is 0 Å². The second-order valence-corrected chi connectivity index (χ2v) is 6.12. The van der Waals surface area contributed by atoms with Gasteiger partial charge in [0.2, 0.25) is 0 Å². The molecule has 0 spiro atoms. The van der Waals surface area contributed by atoms with Crippen molar-refractivity contribution in [2.45, 2.75) is 19.6 Å². The van der Waals surface area contributed by atoms with E-state index >= 15 is 0 Å². The second kappa shape index (κ2) is 6.52. The zero-order valence-corrected chi connectivity index (χ0v) is 13.5. The van der Waals surface area contributed by atoms with Crippen molar-refractivity contribution in [2.75, 3.05) is 46.0 Å². The summed E-state index contributed by atoms with van der Waals surface area (Å²) in [7, 11) is 0. The maximum Gasteiger partial charge on any atom is 0.160 e. The number of aryl methyl sites for hydroxylation is 1. The summed E-state index contributed by atoms with van der Waals surface area (Å²) in [5.41, 5.74) is 4.26. The van der Waals surface area contributed by atoms with Crippen molar-refractivity contribution in [2.24, 2.45) is 0 Å². The van der Waals surface area contributed by atoms with Gasteiger partial charge >= 0.3 is 0 Å². The minimum absolute atomic E-state index is 0.0322. The molecule has 7 heteroatoms. The number of rotatable bonds is 3. The van der Waals surface area contributed by atoms with E-state index in [1.54, 1.807) is 0 Å². The summed E-state index contributed by atoms with van der Waals surface area (Å²) in [5.74, 6) is 0. The van der Waals surface area contributed by atoms with Gasteiger partial charge in [-0.2, -0.15) is 5.10 Å². The van der Waals surface area contributed by atoms with E-state index in [1.165, 1.54) is 5.56 Å². The largest absolute Gasteiger partial charge is 0.379 e. The zero-order chi connectivity index (χ0) is 15.6. The third kappa shape index (κ3) is 2.97. The van der Waals surface area contributed by atoms with Crippen LogP contribution in [-0.4, -0.2) is 65.5 Å². The summed E-state index contributed by atoms with van der Waals surface area (Å²) >= 11 is 0. The number of morpholine rings is 2. The third-order valence-electron chi connectivity index (χ3n) is 4.59. The number of hydrogen-bond donors (Lipinski definition) is 1. The van der Waals surface area contributed by atoms with Crippen LogP contribution in [0.25, 0.3) is 5.65 Å². The van der Waals surface area contributed by atoms with Crippen molar-refractivity contribution in [3.05, 3.63) is 29.2 Å². The molecule has 2 aliphatic heterocycles. The van der Waals surface area contributed by atoms with Gasteiger partial charge in [-0.1, -0.05) is 0 Å². The van der Waals surface area contributed by atoms with Crippen LogP contribution in [0.5, 0.6) is 0 Å². The lowest BCUT2D eigenvalue weighted by atomic mass is 10.2. The first kappa shape index (κ1) is 15.0. The molecule has 2 fully saturated rings. The molecular formula is C16H23N5O2. The van der Waals surface area contributed by atoms with Gasteiger partial charge in [0.1, 0.15) is 6.10 Å². The van der Waals surface area contributed by atoms with E-state index in [0.29, 0.717) is 0 Å². The Balaban J connectivity index is 1.67. The number of nitrogens with one attached hydrogen (secondary N) is 1. The van der Waals surface area contributed by atoms with Crippen molar-refractivity contribution in [1.29, 1.82) is 0 Å². The Hall–Kier alpha value is -1.54. The van der Waals surface area contributed by atoms with Crippen LogP contribution in [0.2, 0.25) is 0 Å². The first-order valence-corrected chi connectivity index (χ1v) is 8.28. The topological polar surface area (TPSA) is 63.9 Å². The van der Waals surface area contributed by atoms with Gasteiger partial charge in [-0.3, -0.25) is 4.90 Å². The molecule has 0 amide bonds. The van der Waals surface area contributed by atoms with Gasteiger partial charge in [-0.05, 0) is 13.0 Å². The van der Waals surface area contributed by atoms with Crippen molar-refractivity contribution in [3.63, 3.8) is 0 Å². The molecule has 124 valence electrons. The number of nitrogens with zero attached hydrogens (tertiary/aromatic N) is 4. The lowest BCUT2D eigenvalue weighted by Crippen LogP contribution is -2.35. The molecule has 0 radical (unpaired) electrons. The standard InChI is InChI=1S/C16H23N5O2/c1-12-13(11-20-5-8-22-9-6-20)16-18-3-2-14(21(16)19-12)15-10-17-4-7-23-15/h2-3,15,17H,4-11H2,1H3/t15-/m1/s1. The molecule has 0 aromatic carbocycles. The molecule has 1 N–H and O–H groups in total. The fourth-order valence-electron chi connectivity index (χ4n) is 3.28. The summed E-state index contributed by atoms with van der Waals surface area (Å²) in [6, 6.07) is 2.01.